The Bertz CT molecular complexity index is 3330. The number of aromatic nitrogens is 3. The van der Waals surface area contributed by atoms with Gasteiger partial charge in [0.15, 0.2) is 17.5 Å². The molecule has 0 saturated carbocycles. The van der Waals surface area contributed by atoms with E-state index in [1.165, 1.54) is 22.3 Å². The van der Waals surface area contributed by atoms with Crippen LogP contribution in [0.2, 0.25) is 0 Å². The molecule has 5 heteroatoms. The van der Waals surface area contributed by atoms with E-state index in [0.29, 0.717) is 17.5 Å². The fraction of sp³-hybridized carbons (Fsp3) is 0.0784. The maximum atomic E-state index is 6.69. The second-order valence-electron chi connectivity index (χ2n) is 15.0. The third-order valence-electron chi connectivity index (χ3n) is 11.6. The average Bonchev–Trinajstić information content (AvgIpc) is 3.84. The van der Waals surface area contributed by atoms with Crippen LogP contribution in [0.15, 0.2) is 148 Å². The molecule has 3 heterocycles. The Hall–Kier alpha value is -7.11. The van der Waals surface area contributed by atoms with Crippen LogP contribution in [0.25, 0.3) is 112 Å². The molecular formula is C51H33N3O2. The first-order valence-electron chi connectivity index (χ1n) is 19.4. The quantitative estimate of drug-likeness (QED) is 0.181. The second-order valence-corrected chi connectivity index (χ2v) is 15.0. The van der Waals surface area contributed by atoms with Gasteiger partial charge in [0.2, 0.25) is 0 Å². The van der Waals surface area contributed by atoms with E-state index in [4.69, 9.17) is 23.8 Å². The van der Waals surface area contributed by atoms with E-state index < -0.39 is 0 Å². The van der Waals surface area contributed by atoms with Crippen LogP contribution in [-0.2, 0) is 12.8 Å². The first-order chi connectivity index (χ1) is 27.7. The van der Waals surface area contributed by atoms with Gasteiger partial charge < -0.3 is 8.83 Å². The lowest BCUT2D eigenvalue weighted by Crippen LogP contribution is -2.02. The lowest BCUT2D eigenvalue weighted by molar-refractivity contribution is 0.669. The van der Waals surface area contributed by atoms with Crippen molar-refractivity contribution < 1.29 is 8.83 Å². The molecule has 0 fully saturated rings. The number of allylic oxidation sites excluding steroid dienone is 2. The summed E-state index contributed by atoms with van der Waals surface area (Å²) in [6.45, 7) is 0. The molecule has 0 amide bonds. The van der Waals surface area contributed by atoms with Crippen molar-refractivity contribution in [1.29, 1.82) is 0 Å². The molecule has 0 bridgehead atoms. The smallest absolute Gasteiger partial charge is 0.164 e. The number of fused-ring (bicyclic) bond motifs is 10. The van der Waals surface area contributed by atoms with Crippen molar-refractivity contribution >= 4 is 66.8 Å². The van der Waals surface area contributed by atoms with Crippen LogP contribution >= 0.6 is 0 Å². The van der Waals surface area contributed by atoms with Gasteiger partial charge in [-0.2, -0.15) is 0 Å². The average molecular weight is 720 g/mol. The minimum Gasteiger partial charge on any atom is -0.456 e. The number of hydrogen-bond acceptors (Lipinski definition) is 5. The predicted octanol–water partition coefficient (Wildman–Crippen LogP) is 13.4. The monoisotopic (exact) mass is 719 g/mol. The number of aryl methyl sites for hydroxylation is 2. The lowest BCUT2D eigenvalue weighted by Gasteiger charge is -2.14. The first-order valence-corrected chi connectivity index (χ1v) is 19.4. The van der Waals surface area contributed by atoms with Gasteiger partial charge in [0, 0.05) is 43.6 Å². The van der Waals surface area contributed by atoms with E-state index >= 15 is 0 Å². The van der Waals surface area contributed by atoms with Crippen molar-refractivity contribution in [2.24, 2.45) is 0 Å². The summed E-state index contributed by atoms with van der Waals surface area (Å²) in [6.07, 6.45) is 13.1. The van der Waals surface area contributed by atoms with Crippen LogP contribution in [0.1, 0.15) is 35.1 Å². The normalized spacial score (nSPS) is 13.6. The zero-order valence-corrected chi connectivity index (χ0v) is 30.4. The van der Waals surface area contributed by atoms with Gasteiger partial charge in [-0.05, 0) is 107 Å². The van der Waals surface area contributed by atoms with Crippen molar-refractivity contribution in [1.82, 2.24) is 15.0 Å². The summed E-state index contributed by atoms with van der Waals surface area (Å²) in [4.78, 5) is 15.6. The van der Waals surface area contributed by atoms with Gasteiger partial charge >= 0.3 is 0 Å². The Morgan fingerprint density at radius 3 is 2.05 bits per heavy atom. The Morgan fingerprint density at radius 2 is 1.14 bits per heavy atom. The van der Waals surface area contributed by atoms with Gasteiger partial charge in [0.05, 0.1) is 0 Å². The molecule has 0 N–H and O–H groups in total. The number of furan rings is 2. The predicted molar refractivity (Wildman–Crippen MR) is 228 cm³/mol. The molecule has 0 unspecified atom stereocenters. The van der Waals surface area contributed by atoms with E-state index in [1.54, 1.807) is 0 Å². The molecule has 56 heavy (non-hydrogen) atoms. The third-order valence-corrected chi connectivity index (χ3v) is 11.6. The molecule has 0 spiro atoms. The van der Waals surface area contributed by atoms with E-state index in [0.717, 1.165) is 108 Å². The van der Waals surface area contributed by atoms with Gasteiger partial charge in [0.1, 0.15) is 22.3 Å². The molecule has 10 aromatic rings. The fourth-order valence-electron chi connectivity index (χ4n) is 8.86. The minimum absolute atomic E-state index is 0.620. The van der Waals surface area contributed by atoms with Crippen LogP contribution in [0.3, 0.4) is 0 Å². The van der Waals surface area contributed by atoms with Crippen molar-refractivity contribution in [3.63, 3.8) is 0 Å². The SMILES string of the molecule is C1=Cc2cc(-c3nc(-c4ccc5c(c4)CCC=C5)nc(-c4cccc5oc6cc(-c7cc8ccccc8c8oc9ccccc9c78)ccc6c45)n3)ccc2CC1. The minimum atomic E-state index is 0.620. The van der Waals surface area contributed by atoms with Gasteiger partial charge in [0.25, 0.3) is 0 Å². The van der Waals surface area contributed by atoms with Crippen LogP contribution in [-0.4, -0.2) is 15.0 Å². The molecular weight excluding hydrogens is 687 g/mol. The van der Waals surface area contributed by atoms with Crippen LogP contribution in [0, 0.1) is 0 Å². The molecule has 5 nitrogen and oxygen atoms in total. The highest BCUT2D eigenvalue weighted by Gasteiger charge is 2.21. The van der Waals surface area contributed by atoms with Gasteiger partial charge in [-0.3, -0.25) is 0 Å². The molecule has 2 aliphatic rings. The Morgan fingerprint density at radius 1 is 0.429 bits per heavy atom. The number of rotatable bonds is 4. The molecule has 0 saturated heterocycles. The maximum Gasteiger partial charge on any atom is 0.164 e. The highest BCUT2D eigenvalue weighted by molar-refractivity contribution is 6.22. The summed E-state index contributed by atoms with van der Waals surface area (Å²) in [5.74, 6) is 1.94. The number of benzene rings is 7. The molecule has 0 radical (unpaired) electrons. The van der Waals surface area contributed by atoms with E-state index in [2.05, 4.69) is 127 Å². The highest BCUT2D eigenvalue weighted by atomic mass is 16.3. The van der Waals surface area contributed by atoms with Crippen molar-refractivity contribution in [3.8, 4) is 45.3 Å². The van der Waals surface area contributed by atoms with Crippen molar-refractivity contribution in [3.05, 3.63) is 162 Å². The zero-order valence-electron chi connectivity index (χ0n) is 30.4. The molecule has 3 aromatic heterocycles. The Kier molecular flexibility index (Phi) is 6.81. The summed E-state index contributed by atoms with van der Waals surface area (Å²) in [5, 5.41) is 6.44. The molecule has 264 valence electrons. The summed E-state index contributed by atoms with van der Waals surface area (Å²) in [5.41, 5.74) is 13.6. The van der Waals surface area contributed by atoms with Crippen molar-refractivity contribution in [2.45, 2.75) is 25.7 Å². The van der Waals surface area contributed by atoms with E-state index in [-0.39, 0.29) is 0 Å². The van der Waals surface area contributed by atoms with E-state index in [1.807, 2.05) is 24.3 Å². The van der Waals surface area contributed by atoms with Crippen LogP contribution in [0.4, 0.5) is 0 Å². The molecule has 2 aliphatic carbocycles. The zero-order chi connectivity index (χ0) is 36.7. The fourth-order valence-corrected chi connectivity index (χ4v) is 8.86. The summed E-state index contributed by atoms with van der Waals surface area (Å²) in [6, 6.07) is 44.9. The summed E-state index contributed by atoms with van der Waals surface area (Å²) < 4.78 is 13.2. The summed E-state index contributed by atoms with van der Waals surface area (Å²) in [7, 11) is 0. The maximum absolute atomic E-state index is 6.69. The third kappa shape index (κ3) is 4.90. The molecule has 12 rings (SSSR count). The molecule has 0 aliphatic heterocycles. The number of nitrogens with zero attached hydrogens (tertiary/aromatic N) is 3. The lowest BCUT2D eigenvalue weighted by atomic mass is 9.94. The summed E-state index contributed by atoms with van der Waals surface area (Å²) >= 11 is 0. The van der Waals surface area contributed by atoms with Crippen molar-refractivity contribution in [2.75, 3.05) is 0 Å². The number of para-hydroxylation sites is 1. The number of hydrogen-bond donors (Lipinski definition) is 0. The van der Waals surface area contributed by atoms with Crippen LogP contribution < -0.4 is 0 Å². The largest absolute Gasteiger partial charge is 0.456 e. The van der Waals surface area contributed by atoms with Crippen LogP contribution in [0.5, 0.6) is 0 Å². The molecule has 0 atom stereocenters. The Balaban J connectivity index is 1.05. The topological polar surface area (TPSA) is 65.0 Å². The highest BCUT2D eigenvalue weighted by Crippen LogP contribution is 2.44. The second kappa shape index (κ2) is 12.2. The van der Waals surface area contributed by atoms with Gasteiger partial charge in [-0.25, -0.2) is 15.0 Å². The van der Waals surface area contributed by atoms with E-state index in [9.17, 15) is 0 Å². The standard InChI is InChI=1S/C51H33N3O2/c1-3-12-32-26-36(22-20-30(32)10-1)49-52-50(37-23-21-31-11-2-4-13-33(31)27-37)54-51(53-49)41-17-9-19-44-46(41)40-25-24-35(29-45(40)55-44)42-28-34-14-5-6-15-38(34)48-47(42)39-16-7-8-18-43(39)56-48/h1,4-10,13-29H,2-3,11-12H2. The Labute approximate surface area is 322 Å². The van der Waals surface area contributed by atoms with Gasteiger partial charge in [-0.1, -0.05) is 109 Å². The first kappa shape index (κ1) is 31.3. The molecule has 7 aromatic carbocycles. The van der Waals surface area contributed by atoms with Gasteiger partial charge in [-0.15, -0.1) is 0 Å².